The number of hydrogen-bond donors (Lipinski definition) is 1. The molecule has 1 fully saturated rings. The molecule has 1 atom stereocenters. The molecule has 1 aliphatic carbocycles. The van der Waals surface area contributed by atoms with E-state index >= 15 is 0 Å². The van der Waals surface area contributed by atoms with Crippen molar-refractivity contribution in [2.24, 2.45) is 5.16 Å². The van der Waals surface area contributed by atoms with Crippen molar-refractivity contribution in [1.82, 2.24) is 5.32 Å². The van der Waals surface area contributed by atoms with Gasteiger partial charge in [0.2, 0.25) is 5.60 Å². The Balaban J connectivity index is 1.74. The molecule has 1 N–H and O–H groups in total. The summed E-state index contributed by atoms with van der Waals surface area (Å²) >= 11 is 0. The molecular weight excluding hydrogens is 247 g/mol. The maximum Gasteiger partial charge on any atom is 0.267 e. The van der Waals surface area contributed by atoms with Crippen molar-refractivity contribution < 1.29 is 14.0 Å². The zero-order valence-corrected chi connectivity index (χ0v) is 10.6. The minimum Gasteiger partial charge on any atom is -0.379 e. The van der Waals surface area contributed by atoms with Gasteiger partial charge < -0.3 is 10.2 Å². The van der Waals surface area contributed by atoms with Crippen molar-refractivity contribution in [1.29, 1.82) is 0 Å². The van der Waals surface area contributed by atoms with Crippen LogP contribution >= 0.6 is 0 Å². The SMILES string of the molecule is C[C@]1(C(=O)NC2CC2)CC(c2ccccc2F)=NO1. The van der Waals surface area contributed by atoms with Crippen molar-refractivity contribution in [3.63, 3.8) is 0 Å². The van der Waals surface area contributed by atoms with E-state index in [-0.39, 0.29) is 24.2 Å². The zero-order valence-electron chi connectivity index (χ0n) is 10.6. The van der Waals surface area contributed by atoms with Crippen LogP contribution in [0, 0.1) is 5.82 Å². The number of amides is 1. The van der Waals surface area contributed by atoms with Gasteiger partial charge in [-0.2, -0.15) is 0 Å². The van der Waals surface area contributed by atoms with E-state index in [1.54, 1.807) is 25.1 Å². The summed E-state index contributed by atoms with van der Waals surface area (Å²) in [6.45, 7) is 1.68. The van der Waals surface area contributed by atoms with Crippen LogP contribution in [0.5, 0.6) is 0 Å². The third kappa shape index (κ3) is 2.32. The van der Waals surface area contributed by atoms with Gasteiger partial charge in [-0.1, -0.05) is 23.4 Å². The van der Waals surface area contributed by atoms with Crippen molar-refractivity contribution in [3.05, 3.63) is 35.6 Å². The Hall–Kier alpha value is -1.91. The number of oxime groups is 1. The van der Waals surface area contributed by atoms with Crippen LogP contribution in [0.15, 0.2) is 29.4 Å². The first kappa shape index (κ1) is 12.1. The maximum absolute atomic E-state index is 13.7. The molecule has 100 valence electrons. The molecule has 0 spiro atoms. The molecule has 0 aromatic heterocycles. The highest BCUT2D eigenvalue weighted by Crippen LogP contribution is 2.29. The van der Waals surface area contributed by atoms with E-state index in [9.17, 15) is 9.18 Å². The number of rotatable bonds is 3. The predicted octanol–water partition coefficient (Wildman–Crippen LogP) is 1.99. The lowest BCUT2D eigenvalue weighted by molar-refractivity contribution is -0.141. The highest BCUT2D eigenvalue weighted by molar-refractivity contribution is 6.05. The number of carbonyl (C=O) groups is 1. The van der Waals surface area contributed by atoms with Crippen molar-refractivity contribution in [2.45, 2.75) is 37.8 Å². The number of halogens is 1. The minimum absolute atomic E-state index is 0.176. The molecule has 1 saturated carbocycles. The molecule has 1 heterocycles. The third-order valence-electron chi connectivity index (χ3n) is 3.44. The number of benzene rings is 1. The summed E-state index contributed by atoms with van der Waals surface area (Å²) < 4.78 is 13.7. The van der Waals surface area contributed by atoms with E-state index in [1.807, 2.05) is 0 Å². The lowest BCUT2D eigenvalue weighted by Gasteiger charge is -2.20. The molecule has 3 rings (SSSR count). The zero-order chi connectivity index (χ0) is 13.5. The van der Waals surface area contributed by atoms with Crippen LogP contribution in [0.2, 0.25) is 0 Å². The second-order valence-corrected chi connectivity index (χ2v) is 5.26. The van der Waals surface area contributed by atoms with Crippen LogP contribution in [0.3, 0.4) is 0 Å². The Morgan fingerprint density at radius 3 is 2.89 bits per heavy atom. The van der Waals surface area contributed by atoms with Gasteiger partial charge in [0.05, 0.1) is 5.71 Å². The van der Waals surface area contributed by atoms with E-state index in [0.717, 1.165) is 12.8 Å². The smallest absolute Gasteiger partial charge is 0.267 e. The Bertz CT molecular complexity index is 554. The van der Waals surface area contributed by atoms with Gasteiger partial charge in [-0.05, 0) is 25.8 Å². The molecule has 5 heteroatoms. The summed E-state index contributed by atoms with van der Waals surface area (Å²) in [5.41, 5.74) is -0.155. The topological polar surface area (TPSA) is 50.7 Å². The van der Waals surface area contributed by atoms with E-state index < -0.39 is 5.60 Å². The van der Waals surface area contributed by atoms with Gasteiger partial charge in [0.25, 0.3) is 5.91 Å². The standard InChI is InChI=1S/C14H15FN2O2/c1-14(13(18)16-9-6-7-9)8-12(17-19-14)10-4-2-3-5-11(10)15/h2-5,9H,6-8H2,1H3,(H,16,18)/t14-/m1/s1. The van der Waals surface area contributed by atoms with E-state index in [1.165, 1.54) is 6.07 Å². The average Bonchev–Trinajstić information content (AvgIpc) is 3.11. The third-order valence-corrected chi connectivity index (χ3v) is 3.44. The molecule has 1 aromatic carbocycles. The summed E-state index contributed by atoms with van der Waals surface area (Å²) in [4.78, 5) is 17.3. The fourth-order valence-electron chi connectivity index (χ4n) is 2.07. The Kier molecular flexibility index (Phi) is 2.77. The highest BCUT2D eigenvalue weighted by Gasteiger charge is 2.44. The first-order chi connectivity index (χ1) is 9.08. The molecule has 0 bridgehead atoms. The normalized spacial score (nSPS) is 25.7. The molecular formula is C14H15FN2O2. The first-order valence-electron chi connectivity index (χ1n) is 6.39. The highest BCUT2D eigenvalue weighted by atomic mass is 19.1. The van der Waals surface area contributed by atoms with E-state index in [2.05, 4.69) is 10.5 Å². The lowest BCUT2D eigenvalue weighted by Crippen LogP contribution is -2.45. The molecule has 2 aliphatic rings. The Morgan fingerprint density at radius 1 is 1.47 bits per heavy atom. The van der Waals surface area contributed by atoms with E-state index in [0.29, 0.717) is 11.3 Å². The number of nitrogens with one attached hydrogen (secondary N) is 1. The van der Waals surface area contributed by atoms with Gasteiger partial charge in [-0.25, -0.2) is 4.39 Å². The van der Waals surface area contributed by atoms with Crippen LogP contribution in [0.25, 0.3) is 0 Å². The van der Waals surface area contributed by atoms with Gasteiger partial charge in [0, 0.05) is 18.0 Å². The van der Waals surface area contributed by atoms with Crippen molar-refractivity contribution in [3.8, 4) is 0 Å². The van der Waals surface area contributed by atoms with Gasteiger partial charge >= 0.3 is 0 Å². The van der Waals surface area contributed by atoms with Crippen LogP contribution < -0.4 is 5.32 Å². The first-order valence-corrected chi connectivity index (χ1v) is 6.39. The van der Waals surface area contributed by atoms with Crippen molar-refractivity contribution in [2.75, 3.05) is 0 Å². The fraction of sp³-hybridized carbons (Fsp3) is 0.429. The predicted molar refractivity (Wildman–Crippen MR) is 68.2 cm³/mol. The summed E-state index contributed by atoms with van der Waals surface area (Å²) in [7, 11) is 0. The van der Waals surface area contributed by atoms with E-state index in [4.69, 9.17) is 4.84 Å². The molecule has 1 amide bonds. The van der Waals surface area contributed by atoms with Gasteiger partial charge in [-0.15, -0.1) is 0 Å². The second kappa shape index (κ2) is 4.33. The Morgan fingerprint density at radius 2 is 2.21 bits per heavy atom. The lowest BCUT2D eigenvalue weighted by atomic mass is 9.95. The maximum atomic E-state index is 13.7. The minimum atomic E-state index is -1.03. The monoisotopic (exact) mass is 262 g/mol. The van der Waals surface area contributed by atoms with Crippen LogP contribution in [0.1, 0.15) is 31.7 Å². The molecule has 1 aliphatic heterocycles. The molecule has 19 heavy (non-hydrogen) atoms. The molecule has 0 saturated heterocycles. The summed E-state index contributed by atoms with van der Waals surface area (Å²) in [6.07, 6.45) is 2.32. The van der Waals surface area contributed by atoms with Gasteiger partial charge in [0.1, 0.15) is 5.82 Å². The van der Waals surface area contributed by atoms with Crippen LogP contribution in [-0.2, 0) is 9.63 Å². The molecule has 0 unspecified atom stereocenters. The average molecular weight is 262 g/mol. The second-order valence-electron chi connectivity index (χ2n) is 5.26. The summed E-state index contributed by atoms with van der Waals surface area (Å²) in [6, 6.07) is 6.64. The quantitative estimate of drug-likeness (QED) is 0.905. The van der Waals surface area contributed by atoms with Crippen LogP contribution in [-0.4, -0.2) is 23.3 Å². The summed E-state index contributed by atoms with van der Waals surface area (Å²) in [5, 5.41) is 6.78. The Labute approximate surface area is 110 Å². The largest absolute Gasteiger partial charge is 0.379 e. The number of nitrogens with zero attached hydrogens (tertiary/aromatic N) is 1. The van der Waals surface area contributed by atoms with Gasteiger partial charge in [0.15, 0.2) is 0 Å². The summed E-state index contributed by atoms with van der Waals surface area (Å²) in [5.74, 6) is -0.526. The molecule has 0 radical (unpaired) electrons. The molecule has 4 nitrogen and oxygen atoms in total. The number of carbonyl (C=O) groups excluding carboxylic acids is 1. The fourth-order valence-corrected chi connectivity index (χ4v) is 2.07. The van der Waals surface area contributed by atoms with Crippen molar-refractivity contribution >= 4 is 11.6 Å². The number of hydrogen-bond acceptors (Lipinski definition) is 3. The van der Waals surface area contributed by atoms with Crippen LogP contribution in [0.4, 0.5) is 4.39 Å². The molecule has 1 aromatic rings. The van der Waals surface area contributed by atoms with Gasteiger partial charge in [-0.3, -0.25) is 4.79 Å².